The van der Waals surface area contributed by atoms with Crippen molar-refractivity contribution < 1.29 is 18.7 Å². The van der Waals surface area contributed by atoms with Gasteiger partial charge in [0.15, 0.2) is 23.1 Å². The van der Waals surface area contributed by atoms with Gasteiger partial charge in [-0.15, -0.1) is 0 Å². The molecule has 1 aliphatic rings. The molecule has 1 amide bonds. The van der Waals surface area contributed by atoms with E-state index in [-0.39, 0.29) is 41.2 Å². The molecular formula is C27H29FN6O3. The zero-order valence-corrected chi connectivity index (χ0v) is 21.0. The van der Waals surface area contributed by atoms with Crippen LogP contribution in [0.15, 0.2) is 36.4 Å². The maximum absolute atomic E-state index is 15.1. The second-order valence-electron chi connectivity index (χ2n) is 8.62. The van der Waals surface area contributed by atoms with Crippen LogP contribution in [0, 0.1) is 17.1 Å². The summed E-state index contributed by atoms with van der Waals surface area (Å²) in [6.07, 6.45) is 2.67. The molecule has 1 aromatic heterocycles. The molecular weight excluding hydrogens is 475 g/mol. The Morgan fingerprint density at radius 3 is 2.62 bits per heavy atom. The number of aromatic nitrogens is 2. The average molecular weight is 505 g/mol. The molecule has 1 unspecified atom stereocenters. The standard InChI is InChI=1S/C27H29FN6O3/c1-4-31-20(17-7-5-16(15-29)6-8-17)14-22(35)34-11-9-18(10-12-34)27-32-24-19(26(30)33-27)13-21(36-2)25(37-3)23(24)28/h5-9,13,20,31H,4,10-12,14H2,1-3H3,(H2,30,32,33). The normalized spacial score (nSPS) is 14.1. The number of nitrogens with zero attached hydrogens (tertiary/aromatic N) is 4. The molecule has 3 N–H and O–H groups in total. The number of nitrogens with two attached hydrogens (primary N) is 1. The van der Waals surface area contributed by atoms with Crippen LogP contribution in [-0.2, 0) is 4.79 Å². The first-order valence-electron chi connectivity index (χ1n) is 12.0. The Labute approximate surface area is 214 Å². The molecule has 4 rings (SSSR count). The topological polar surface area (TPSA) is 126 Å². The third-order valence-electron chi connectivity index (χ3n) is 6.43. The van der Waals surface area contributed by atoms with E-state index >= 15 is 4.39 Å². The van der Waals surface area contributed by atoms with Gasteiger partial charge in [-0.2, -0.15) is 5.26 Å². The Bertz CT molecular complexity index is 1380. The molecule has 9 nitrogen and oxygen atoms in total. The molecule has 1 atom stereocenters. The average Bonchev–Trinajstić information content (AvgIpc) is 2.93. The number of nitrogens with one attached hydrogen (secondary N) is 1. The van der Waals surface area contributed by atoms with Crippen LogP contribution in [0.4, 0.5) is 10.2 Å². The van der Waals surface area contributed by atoms with E-state index in [1.807, 2.05) is 25.1 Å². The molecule has 0 saturated carbocycles. The monoisotopic (exact) mass is 504 g/mol. The van der Waals surface area contributed by atoms with Gasteiger partial charge < -0.3 is 25.4 Å². The van der Waals surface area contributed by atoms with Crippen molar-refractivity contribution in [2.24, 2.45) is 0 Å². The van der Waals surface area contributed by atoms with Crippen molar-refractivity contribution in [1.82, 2.24) is 20.2 Å². The molecule has 0 radical (unpaired) electrons. The molecule has 0 aliphatic carbocycles. The van der Waals surface area contributed by atoms with Gasteiger partial charge in [-0.25, -0.2) is 14.4 Å². The lowest BCUT2D eigenvalue weighted by Gasteiger charge is -2.28. The number of nitriles is 1. The number of amides is 1. The lowest BCUT2D eigenvalue weighted by atomic mass is 10.0. The minimum absolute atomic E-state index is 0.00688. The number of ether oxygens (including phenoxy) is 2. The van der Waals surface area contributed by atoms with Gasteiger partial charge in [0.25, 0.3) is 0 Å². The van der Waals surface area contributed by atoms with E-state index in [9.17, 15) is 4.79 Å². The Balaban J connectivity index is 1.52. The van der Waals surface area contributed by atoms with Crippen LogP contribution in [0.3, 0.4) is 0 Å². The Morgan fingerprint density at radius 1 is 1.27 bits per heavy atom. The van der Waals surface area contributed by atoms with Crippen molar-refractivity contribution in [2.75, 3.05) is 39.6 Å². The zero-order chi connectivity index (χ0) is 26.5. The summed E-state index contributed by atoms with van der Waals surface area (Å²) in [6.45, 7) is 3.56. The number of anilines is 1. The van der Waals surface area contributed by atoms with Gasteiger partial charge in [0, 0.05) is 30.9 Å². The summed E-state index contributed by atoms with van der Waals surface area (Å²) >= 11 is 0. The minimum Gasteiger partial charge on any atom is -0.493 e. The van der Waals surface area contributed by atoms with Crippen molar-refractivity contribution >= 4 is 28.2 Å². The van der Waals surface area contributed by atoms with E-state index < -0.39 is 5.82 Å². The Kier molecular flexibility index (Phi) is 7.84. The van der Waals surface area contributed by atoms with E-state index in [0.717, 1.165) is 11.1 Å². The van der Waals surface area contributed by atoms with Crippen molar-refractivity contribution in [1.29, 1.82) is 5.26 Å². The summed E-state index contributed by atoms with van der Waals surface area (Å²) in [5.41, 5.74) is 8.53. The van der Waals surface area contributed by atoms with Crippen LogP contribution in [0.1, 0.15) is 42.8 Å². The fourth-order valence-corrected chi connectivity index (χ4v) is 4.44. The summed E-state index contributed by atoms with van der Waals surface area (Å²) in [4.78, 5) is 23.7. The van der Waals surface area contributed by atoms with Crippen LogP contribution in [0.2, 0.25) is 0 Å². The summed E-state index contributed by atoms with van der Waals surface area (Å²) in [5, 5.41) is 12.7. The molecule has 192 valence electrons. The molecule has 1 aliphatic heterocycles. The number of carbonyl (C=O) groups is 1. The highest BCUT2D eigenvalue weighted by Crippen LogP contribution is 2.37. The number of hydrogen-bond donors (Lipinski definition) is 2. The number of nitrogen functional groups attached to an aromatic ring is 1. The van der Waals surface area contributed by atoms with Gasteiger partial charge in [-0.3, -0.25) is 4.79 Å². The summed E-state index contributed by atoms with van der Waals surface area (Å²) < 4.78 is 25.5. The minimum atomic E-state index is -0.669. The van der Waals surface area contributed by atoms with Gasteiger partial charge in [0.05, 0.1) is 25.9 Å². The van der Waals surface area contributed by atoms with Gasteiger partial charge in [0.1, 0.15) is 11.3 Å². The Hall–Kier alpha value is -4.23. The number of carbonyl (C=O) groups excluding carboxylic acids is 1. The molecule has 0 spiro atoms. The van der Waals surface area contributed by atoms with Crippen LogP contribution < -0.4 is 20.5 Å². The van der Waals surface area contributed by atoms with E-state index in [0.29, 0.717) is 42.8 Å². The summed E-state index contributed by atoms with van der Waals surface area (Å²) in [6, 6.07) is 10.8. The highest BCUT2D eigenvalue weighted by molar-refractivity contribution is 5.92. The maximum atomic E-state index is 15.1. The predicted octanol–water partition coefficient (Wildman–Crippen LogP) is 3.60. The van der Waals surface area contributed by atoms with Crippen molar-refractivity contribution in [2.45, 2.75) is 25.8 Å². The van der Waals surface area contributed by atoms with Crippen LogP contribution in [0.5, 0.6) is 11.5 Å². The van der Waals surface area contributed by atoms with E-state index in [1.165, 1.54) is 14.2 Å². The smallest absolute Gasteiger partial charge is 0.224 e. The molecule has 0 fully saturated rings. The fourth-order valence-electron chi connectivity index (χ4n) is 4.44. The first-order valence-corrected chi connectivity index (χ1v) is 12.0. The second kappa shape index (κ2) is 11.2. The highest BCUT2D eigenvalue weighted by atomic mass is 19.1. The van der Waals surface area contributed by atoms with Gasteiger partial charge in [0.2, 0.25) is 5.91 Å². The molecule has 2 heterocycles. The number of rotatable bonds is 8. The zero-order valence-electron chi connectivity index (χ0n) is 21.0. The van der Waals surface area contributed by atoms with Crippen LogP contribution in [0.25, 0.3) is 16.5 Å². The lowest BCUT2D eigenvalue weighted by molar-refractivity contribution is -0.131. The lowest BCUT2D eigenvalue weighted by Crippen LogP contribution is -2.37. The van der Waals surface area contributed by atoms with Crippen molar-refractivity contribution in [3.8, 4) is 17.6 Å². The number of benzene rings is 2. The number of methoxy groups -OCH3 is 2. The van der Waals surface area contributed by atoms with Crippen molar-refractivity contribution in [3.05, 3.63) is 59.2 Å². The van der Waals surface area contributed by atoms with E-state index in [1.54, 1.807) is 23.1 Å². The predicted molar refractivity (Wildman–Crippen MR) is 138 cm³/mol. The Morgan fingerprint density at radius 2 is 2.03 bits per heavy atom. The third kappa shape index (κ3) is 5.32. The van der Waals surface area contributed by atoms with Crippen molar-refractivity contribution in [3.63, 3.8) is 0 Å². The third-order valence-corrected chi connectivity index (χ3v) is 6.43. The second-order valence-corrected chi connectivity index (χ2v) is 8.62. The highest BCUT2D eigenvalue weighted by Gasteiger charge is 2.25. The van der Waals surface area contributed by atoms with Crippen LogP contribution >= 0.6 is 0 Å². The first-order chi connectivity index (χ1) is 17.9. The van der Waals surface area contributed by atoms with Gasteiger partial charge in [-0.05, 0) is 42.3 Å². The number of halogens is 1. The largest absolute Gasteiger partial charge is 0.493 e. The molecule has 10 heteroatoms. The molecule has 0 bridgehead atoms. The van der Waals surface area contributed by atoms with Gasteiger partial charge in [-0.1, -0.05) is 25.1 Å². The molecule has 37 heavy (non-hydrogen) atoms. The molecule has 2 aromatic carbocycles. The SMILES string of the molecule is CCNC(CC(=O)N1CC=C(c2nc(N)c3cc(OC)c(OC)c(F)c3n2)CC1)c1ccc(C#N)cc1. The molecule has 0 saturated heterocycles. The summed E-state index contributed by atoms with van der Waals surface area (Å²) in [5.74, 6) is -0.0454. The van der Waals surface area contributed by atoms with Crippen LogP contribution in [-0.4, -0.2) is 54.6 Å². The molecule has 3 aromatic rings. The number of hydrogen-bond acceptors (Lipinski definition) is 8. The van der Waals surface area contributed by atoms with E-state index in [2.05, 4.69) is 21.4 Å². The first kappa shape index (κ1) is 25.9. The fraction of sp³-hybridized carbons (Fsp3) is 0.333. The maximum Gasteiger partial charge on any atom is 0.224 e. The van der Waals surface area contributed by atoms with Gasteiger partial charge >= 0.3 is 0 Å². The number of fused-ring (bicyclic) bond motifs is 1. The summed E-state index contributed by atoms with van der Waals surface area (Å²) in [7, 11) is 2.77. The quantitative estimate of drug-likeness (QED) is 0.477. The van der Waals surface area contributed by atoms with E-state index in [4.69, 9.17) is 20.5 Å².